The molecule has 0 amide bonds. The van der Waals surface area contributed by atoms with Crippen molar-refractivity contribution in [3.63, 3.8) is 0 Å². The zero-order chi connectivity index (χ0) is 16.5. The third-order valence-electron chi connectivity index (χ3n) is 2.64. The molecule has 0 aliphatic carbocycles. The number of para-hydroxylation sites is 1. The van der Waals surface area contributed by atoms with Crippen LogP contribution in [0.4, 0.5) is 10.1 Å². The van der Waals surface area contributed by atoms with Crippen molar-refractivity contribution in [3.05, 3.63) is 57.8 Å². The molecule has 0 heterocycles. The smallest absolute Gasteiger partial charge is 0.263 e. The number of benzene rings is 2. The van der Waals surface area contributed by atoms with Crippen LogP contribution in [0.3, 0.4) is 0 Å². The monoisotopic (exact) mass is 362 g/mol. The van der Waals surface area contributed by atoms with Gasteiger partial charge in [0.15, 0.2) is 0 Å². The van der Waals surface area contributed by atoms with Gasteiger partial charge in [-0.2, -0.15) is 0 Å². The molecule has 0 bridgehead atoms. The Bertz CT molecular complexity index is 855. The number of nitrogens with one attached hydrogen (secondary N) is 1. The van der Waals surface area contributed by atoms with Crippen LogP contribution in [-0.4, -0.2) is 14.4 Å². The topological polar surface area (TPSA) is 86.3 Å². The van der Waals surface area contributed by atoms with E-state index in [1.54, 1.807) is 0 Å². The van der Waals surface area contributed by atoms with E-state index in [0.29, 0.717) is 0 Å². The zero-order valence-corrected chi connectivity index (χ0v) is 13.0. The van der Waals surface area contributed by atoms with Crippen LogP contribution in [0.1, 0.15) is 10.4 Å². The van der Waals surface area contributed by atoms with Crippen LogP contribution in [-0.2, 0) is 10.0 Å². The minimum Gasteiger partial charge on any atom is -0.545 e. The molecule has 0 aromatic heterocycles. The molecule has 22 heavy (non-hydrogen) atoms. The number of rotatable bonds is 4. The Hall–Kier alpha value is -1.83. The van der Waals surface area contributed by atoms with Gasteiger partial charge in [-0.3, -0.25) is 4.72 Å². The number of hydrogen-bond acceptors (Lipinski definition) is 4. The van der Waals surface area contributed by atoms with Crippen LogP contribution in [0, 0.1) is 5.82 Å². The number of carboxylic acid groups (broad SMARTS) is 1. The lowest BCUT2D eigenvalue weighted by Gasteiger charge is -2.13. The van der Waals surface area contributed by atoms with E-state index in [2.05, 4.69) is 0 Å². The van der Waals surface area contributed by atoms with Crippen LogP contribution in [0.15, 0.2) is 41.3 Å². The summed E-state index contributed by atoms with van der Waals surface area (Å²) in [5.41, 5.74) is -0.781. The van der Waals surface area contributed by atoms with Gasteiger partial charge in [0, 0.05) is 5.56 Å². The first-order valence-corrected chi connectivity index (χ1v) is 7.94. The summed E-state index contributed by atoms with van der Waals surface area (Å²) in [5, 5.41) is 10.2. The van der Waals surface area contributed by atoms with Gasteiger partial charge in [0.1, 0.15) is 10.7 Å². The molecule has 2 aromatic rings. The quantitative estimate of drug-likeness (QED) is 0.903. The molecule has 5 nitrogen and oxygen atoms in total. The lowest BCUT2D eigenvalue weighted by Crippen LogP contribution is -2.23. The predicted octanol–water partition coefficient (Wildman–Crippen LogP) is 2.30. The molecular weight excluding hydrogens is 356 g/mol. The molecule has 0 saturated carbocycles. The Morgan fingerprint density at radius 3 is 2.41 bits per heavy atom. The van der Waals surface area contributed by atoms with Gasteiger partial charge in [0.2, 0.25) is 0 Å². The highest BCUT2D eigenvalue weighted by Gasteiger charge is 2.22. The largest absolute Gasteiger partial charge is 0.545 e. The van der Waals surface area contributed by atoms with E-state index in [0.717, 1.165) is 18.2 Å². The number of carbonyl (C=O) groups is 1. The summed E-state index contributed by atoms with van der Waals surface area (Å²) < 4.78 is 40.0. The predicted molar refractivity (Wildman–Crippen MR) is 78.0 cm³/mol. The van der Waals surface area contributed by atoms with Crippen molar-refractivity contribution < 1.29 is 22.7 Å². The second-order valence-corrected chi connectivity index (χ2v) is 6.58. The van der Waals surface area contributed by atoms with Gasteiger partial charge in [-0.05, 0) is 24.3 Å². The van der Waals surface area contributed by atoms with Gasteiger partial charge in [-0.25, -0.2) is 12.8 Å². The first-order valence-electron chi connectivity index (χ1n) is 5.70. The van der Waals surface area contributed by atoms with E-state index in [4.69, 9.17) is 23.2 Å². The highest BCUT2D eigenvalue weighted by molar-refractivity contribution is 7.92. The number of sulfonamides is 1. The molecule has 0 spiro atoms. The summed E-state index contributed by atoms with van der Waals surface area (Å²) in [7, 11) is -4.34. The molecule has 0 aliphatic heterocycles. The molecule has 0 atom stereocenters. The van der Waals surface area contributed by atoms with E-state index in [-0.39, 0.29) is 15.7 Å². The highest BCUT2D eigenvalue weighted by atomic mass is 35.5. The van der Waals surface area contributed by atoms with E-state index in [1.807, 2.05) is 4.72 Å². The molecule has 116 valence electrons. The Labute approximate surface area is 135 Å². The van der Waals surface area contributed by atoms with Crippen LogP contribution in [0.25, 0.3) is 0 Å². The molecule has 0 fully saturated rings. The fourth-order valence-electron chi connectivity index (χ4n) is 1.62. The maximum absolute atomic E-state index is 13.5. The summed E-state index contributed by atoms with van der Waals surface area (Å²) in [4.78, 5) is 10.3. The number of carboxylic acids is 1. The van der Waals surface area contributed by atoms with Crippen molar-refractivity contribution in [1.82, 2.24) is 0 Å². The van der Waals surface area contributed by atoms with Gasteiger partial charge in [0.05, 0.1) is 21.7 Å². The number of aromatic carboxylic acids is 1. The Morgan fingerprint density at radius 2 is 1.82 bits per heavy atom. The van der Waals surface area contributed by atoms with Gasteiger partial charge in [0.25, 0.3) is 10.0 Å². The van der Waals surface area contributed by atoms with Crippen molar-refractivity contribution >= 4 is 44.9 Å². The molecule has 1 N–H and O–H groups in total. The Kier molecular flexibility index (Phi) is 4.60. The summed E-state index contributed by atoms with van der Waals surface area (Å²) in [6, 6.07) is 6.81. The second kappa shape index (κ2) is 6.12. The molecular formula is C13H7Cl2FNO4S-. The van der Waals surface area contributed by atoms with Crippen molar-refractivity contribution in [2.24, 2.45) is 0 Å². The summed E-state index contributed by atoms with van der Waals surface area (Å²) >= 11 is 11.5. The normalized spacial score (nSPS) is 11.2. The van der Waals surface area contributed by atoms with E-state index >= 15 is 0 Å². The van der Waals surface area contributed by atoms with Crippen molar-refractivity contribution in [1.29, 1.82) is 0 Å². The molecule has 0 radical (unpaired) electrons. The highest BCUT2D eigenvalue weighted by Crippen LogP contribution is 2.32. The van der Waals surface area contributed by atoms with Gasteiger partial charge >= 0.3 is 0 Å². The fourth-order valence-corrected chi connectivity index (χ4v) is 3.50. The number of carbonyl (C=O) groups excluding carboxylic acids is 1. The first-order chi connectivity index (χ1) is 10.2. The van der Waals surface area contributed by atoms with E-state index in [9.17, 15) is 22.7 Å². The average Bonchev–Trinajstić information content (AvgIpc) is 2.43. The number of hydrogen-bond donors (Lipinski definition) is 1. The third-order valence-corrected chi connectivity index (χ3v) is 4.94. The number of halogens is 3. The van der Waals surface area contributed by atoms with Crippen LogP contribution in [0.2, 0.25) is 10.0 Å². The minimum atomic E-state index is -4.34. The molecule has 2 rings (SSSR count). The van der Waals surface area contributed by atoms with Crippen molar-refractivity contribution in [3.8, 4) is 0 Å². The van der Waals surface area contributed by atoms with E-state index < -0.39 is 32.3 Å². The minimum absolute atomic E-state index is 0.280. The summed E-state index contributed by atoms with van der Waals surface area (Å²) in [6.45, 7) is 0. The molecule has 9 heteroatoms. The fraction of sp³-hybridized carbons (Fsp3) is 0. The molecule has 0 aliphatic rings. The zero-order valence-electron chi connectivity index (χ0n) is 10.6. The summed E-state index contributed by atoms with van der Waals surface area (Å²) in [5.74, 6) is -2.43. The molecule has 0 saturated heterocycles. The Morgan fingerprint density at radius 1 is 1.18 bits per heavy atom. The van der Waals surface area contributed by atoms with Crippen LogP contribution >= 0.6 is 23.2 Å². The van der Waals surface area contributed by atoms with Gasteiger partial charge in [-0.1, -0.05) is 35.3 Å². The average molecular weight is 363 g/mol. The van der Waals surface area contributed by atoms with Gasteiger partial charge in [-0.15, -0.1) is 0 Å². The third kappa shape index (κ3) is 3.32. The summed E-state index contributed by atoms with van der Waals surface area (Å²) in [6.07, 6.45) is 0. The molecule has 2 aromatic carbocycles. The standard InChI is InChI=1S/C13H8Cl2FNO4S/c14-8-5-7(13(18)19)6-11(12(8)15)22(20,21)17-10-4-2-1-3-9(10)16/h1-6,17H,(H,18,19)/p-1. The van der Waals surface area contributed by atoms with Crippen LogP contribution < -0.4 is 9.83 Å². The van der Waals surface area contributed by atoms with Gasteiger partial charge < -0.3 is 9.90 Å². The SMILES string of the molecule is O=C([O-])c1cc(Cl)c(Cl)c(S(=O)(=O)Nc2ccccc2F)c1. The number of anilines is 1. The van der Waals surface area contributed by atoms with Crippen molar-refractivity contribution in [2.45, 2.75) is 4.90 Å². The second-order valence-electron chi connectivity index (χ2n) is 4.14. The maximum Gasteiger partial charge on any atom is 0.263 e. The molecule has 0 unspecified atom stereocenters. The first kappa shape index (κ1) is 16.5. The van der Waals surface area contributed by atoms with Crippen molar-refractivity contribution in [2.75, 3.05) is 4.72 Å². The lowest BCUT2D eigenvalue weighted by molar-refractivity contribution is -0.255. The maximum atomic E-state index is 13.5. The lowest BCUT2D eigenvalue weighted by atomic mass is 10.2. The van der Waals surface area contributed by atoms with Crippen LogP contribution in [0.5, 0.6) is 0 Å². The Balaban J connectivity index is 2.54. The van der Waals surface area contributed by atoms with E-state index in [1.165, 1.54) is 18.2 Å².